The van der Waals surface area contributed by atoms with Crippen LogP contribution >= 0.6 is 47.0 Å². The summed E-state index contributed by atoms with van der Waals surface area (Å²) in [5.74, 6) is 1.86. The fraction of sp³-hybridized carbons (Fsp3) is 0.714. The van der Waals surface area contributed by atoms with E-state index in [4.69, 9.17) is 0 Å². The molecule has 0 radical (unpaired) electrons. The first-order valence-corrected chi connectivity index (χ1v) is 7.64. The van der Waals surface area contributed by atoms with Crippen molar-refractivity contribution in [2.75, 3.05) is 11.5 Å². The summed E-state index contributed by atoms with van der Waals surface area (Å²) in [5.41, 5.74) is 0. The molecule has 2 aliphatic heterocycles. The van der Waals surface area contributed by atoms with Crippen LogP contribution in [0.15, 0.2) is 0 Å². The van der Waals surface area contributed by atoms with E-state index in [1.54, 1.807) is 0 Å². The molecule has 2 saturated heterocycles. The van der Waals surface area contributed by atoms with Crippen LogP contribution in [0.3, 0.4) is 0 Å². The molecule has 2 fully saturated rings. The number of carbonyl (C=O) groups is 2. The predicted molar refractivity (Wildman–Crippen MR) is 63.1 cm³/mol. The van der Waals surface area contributed by atoms with Gasteiger partial charge in [-0.2, -0.15) is 0 Å². The Morgan fingerprint density at radius 2 is 1.46 bits per heavy atom. The molecule has 0 amide bonds. The molecule has 0 aromatic heterocycles. The second-order valence-corrected chi connectivity index (χ2v) is 7.89. The number of hydrogen-bond donors (Lipinski definition) is 0. The molecule has 13 heavy (non-hydrogen) atoms. The van der Waals surface area contributed by atoms with Gasteiger partial charge in [0.15, 0.2) is 0 Å². The van der Waals surface area contributed by atoms with Gasteiger partial charge < -0.3 is 0 Å². The molecule has 0 saturated carbocycles. The summed E-state index contributed by atoms with van der Waals surface area (Å²) in [6.45, 7) is 0. The number of carbonyl (C=O) groups excluding carboxylic acids is 2. The van der Waals surface area contributed by atoms with E-state index < -0.39 is 0 Å². The summed E-state index contributed by atoms with van der Waals surface area (Å²) in [7, 11) is 0. The standard InChI is InChI=1S/C7H8O2S4/c8-6-10-2-4(12-6)1-5-3-11-7(9)13-5/h4-5H,1-3H2. The average Bonchev–Trinajstić information content (AvgIpc) is 2.62. The number of rotatable bonds is 2. The molecular weight excluding hydrogens is 244 g/mol. The molecule has 2 aliphatic rings. The summed E-state index contributed by atoms with van der Waals surface area (Å²) in [6, 6.07) is 0. The lowest BCUT2D eigenvalue weighted by Crippen LogP contribution is -2.12. The van der Waals surface area contributed by atoms with E-state index in [-0.39, 0.29) is 8.89 Å². The maximum atomic E-state index is 10.9. The quantitative estimate of drug-likeness (QED) is 0.750. The number of hydrogen-bond acceptors (Lipinski definition) is 6. The molecule has 2 atom stereocenters. The minimum atomic E-state index is 0.243. The third-order valence-electron chi connectivity index (χ3n) is 1.83. The summed E-state index contributed by atoms with van der Waals surface area (Å²) in [5, 5.41) is 0.892. The van der Waals surface area contributed by atoms with Crippen LogP contribution in [-0.2, 0) is 0 Å². The van der Waals surface area contributed by atoms with Gasteiger partial charge in [0.1, 0.15) is 0 Å². The third kappa shape index (κ3) is 2.84. The summed E-state index contributed by atoms with van der Waals surface area (Å²) >= 11 is 5.71. The van der Waals surface area contributed by atoms with Crippen molar-refractivity contribution < 1.29 is 9.59 Å². The summed E-state index contributed by atoms with van der Waals surface area (Å²) < 4.78 is 0.485. The first-order chi connectivity index (χ1) is 6.24. The minimum Gasteiger partial charge on any atom is -0.274 e. The summed E-state index contributed by atoms with van der Waals surface area (Å²) in [4.78, 5) is 21.9. The zero-order chi connectivity index (χ0) is 9.26. The zero-order valence-corrected chi connectivity index (χ0v) is 9.99. The normalized spacial score (nSPS) is 34.5. The molecule has 0 spiro atoms. The lowest BCUT2D eigenvalue weighted by Gasteiger charge is -2.09. The van der Waals surface area contributed by atoms with Crippen LogP contribution in [0.4, 0.5) is 9.59 Å². The van der Waals surface area contributed by atoms with E-state index in [0.717, 1.165) is 17.9 Å². The molecule has 2 heterocycles. The molecule has 0 aromatic rings. The first-order valence-electron chi connectivity index (χ1n) is 3.91. The topological polar surface area (TPSA) is 34.1 Å². The van der Waals surface area contributed by atoms with Crippen molar-refractivity contribution in [2.24, 2.45) is 0 Å². The van der Waals surface area contributed by atoms with Gasteiger partial charge in [-0.25, -0.2) is 0 Å². The van der Waals surface area contributed by atoms with Crippen LogP contribution in [0, 0.1) is 0 Å². The average molecular weight is 252 g/mol. The Hall–Kier alpha value is 0.740. The maximum absolute atomic E-state index is 10.9. The Morgan fingerprint density at radius 3 is 1.77 bits per heavy atom. The molecule has 0 aliphatic carbocycles. The van der Waals surface area contributed by atoms with E-state index in [1.165, 1.54) is 47.0 Å². The monoisotopic (exact) mass is 252 g/mol. The SMILES string of the molecule is O=C1SCC(CC2CSC(=O)S2)S1. The Kier molecular flexibility index (Phi) is 3.56. The van der Waals surface area contributed by atoms with Crippen molar-refractivity contribution in [3.05, 3.63) is 0 Å². The van der Waals surface area contributed by atoms with Crippen LogP contribution in [0.1, 0.15) is 6.42 Å². The van der Waals surface area contributed by atoms with Gasteiger partial charge in [0, 0.05) is 22.0 Å². The molecule has 0 bridgehead atoms. The lowest BCUT2D eigenvalue weighted by atomic mass is 10.2. The molecular formula is C7H8O2S4. The summed E-state index contributed by atoms with van der Waals surface area (Å²) in [6.07, 6.45) is 1.01. The highest BCUT2D eigenvalue weighted by atomic mass is 32.2. The van der Waals surface area contributed by atoms with Gasteiger partial charge in [-0.05, 0) is 6.42 Å². The zero-order valence-electron chi connectivity index (χ0n) is 6.73. The molecule has 2 nitrogen and oxygen atoms in total. The second-order valence-electron chi connectivity index (χ2n) is 2.84. The van der Waals surface area contributed by atoms with Crippen molar-refractivity contribution in [3.63, 3.8) is 0 Å². The maximum Gasteiger partial charge on any atom is 0.246 e. The van der Waals surface area contributed by atoms with E-state index in [9.17, 15) is 9.59 Å². The van der Waals surface area contributed by atoms with Crippen molar-refractivity contribution in [2.45, 2.75) is 16.9 Å². The fourth-order valence-corrected chi connectivity index (χ4v) is 6.22. The highest BCUT2D eigenvalue weighted by Gasteiger charge is 2.31. The van der Waals surface area contributed by atoms with Gasteiger partial charge in [0.2, 0.25) is 8.89 Å². The van der Waals surface area contributed by atoms with E-state index in [0.29, 0.717) is 10.5 Å². The molecule has 72 valence electrons. The smallest absolute Gasteiger partial charge is 0.246 e. The van der Waals surface area contributed by atoms with Gasteiger partial charge >= 0.3 is 0 Å². The fourth-order valence-electron chi connectivity index (χ4n) is 1.26. The van der Waals surface area contributed by atoms with Gasteiger partial charge in [0.25, 0.3) is 0 Å². The predicted octanol–water partition coefficient (Wildman–Crippen LogP) is 3.31. The molecule has 2 unspecified atom stereocenters. The van der Waals surface area contributed by atoms with Gasteiger partial charge in [-0.3, -0.25) is 9.59 Å². The molecule has 2 rings (SSSR count). The third-order valence-corrected chi connectivity index (χ3v) is 6.91. The first kappa shape index (κ1) is 10.3. The highest BCUT2D eigenvalue weighted by Crippen LogP contribution is 2.41. The Labute approximate surface area is 93.7 Å². The van der Waals surface area contributed by atoms with Crippen LogP contribution in [0.25, 0.3) is 0 Å². The van der Waals surface area contributed by atoms with E-state index in [1.807, 2.05) is 0 Å². The van der Waals surface area contributed by atoms with Crippen LogP contribution < -0.4 is 0 Å². The van der Waals surface area contributed by atoms with Gasteiger partial charge in [-0.1, -0.05) is 47.0 Å². The van der Waals surface area contributed by atoms with Crippen molar-refractivity contribution in [1.82, 2.24) is 0 Å². The Bertz CT molecular complexity index is 219. The number of thioether (sulfide) groups is 4. The Balaban J connectivity index is 1.78. The van der Waals surface area contributed by atoms with Gasteiger partial charge in [-0.15, -0.1) is 0 Å². The van der Waals surface area contributed by atoms with Crippen molar-refractivity contribution >= 4 is 55.9 Å². The van der Waals surface area contributed by atoms with Gasteiger partial charge in [0.05, 0.1) is 0 Å². The second kappa shape index (κ2) is 4.51. The largest absolute Gasteiger partial charge is 0.274 e. The van der Waals surface area contributed by atoms with E-state index in [2.05, 4.69) is 0 Å². The molecule has 6 heteroatoms. The van der Waals surface area contributed by atoms with Crippen LogP contribution in [-0.4, -0.2) is 30.9 Å². The van der Waals surface area contributed by atoms with E-state index >= 15 is 0 Å². The molecule has 0 aromatic carbocycles. The lowest BCUT2D eigenvalue weighted by molar-refractivity contribution is 0.276. The van der Waals surface area contributed by atoms with Crippen molar-refractivity contribution in [3.8, 4) is 0 Å². The van der Waals surface area contributed by atoms with Crippen LogP contribution in [0.2, 0.25) is 0 Å². The Morgan fingerprint density at radius 1 is 1.00 bits per heavy atom. The van der Waals surface area contributed by atoms with Crippen molar-refractivity contribution in [1.29, 1.82) is 0 Å². The molecule has 0 N–H and O–H groups in total. The highest BCUT2D eigenvalue weighted by molar-refractivity contribution is 8.42. The minimum absolute atomic E-state index is 0.243. The van der Waals surface area contributed by atoms with Crippen LogP contribution in [0.5, 0.6) is 0 Å².